The molecule has 8 nitrogen and oxygen atoms in total. The van der Waals surface area contributed by atoms with Gasteiger partial charge in [0.25, 0.3) is 5.91 Å². The molecule has 0 aliphatic rings. The Morgan fingerprint density at radius 3 is 1.83 bits per heavy atom. The highest BCUT2D eigenvalue weighted by Crippen LogP contribution is 2.37. The molecule has 0 spiro atoms. The molecule has 0 bridgehead atoms. The molecule has 0 aromatic heterocycles. The van der Waals surface area contributed by atoms with Gasteiger partial charge in [-0.25, -0.2) is 0 Å². The summed E-state index contributed by atoms with van der Waals surface area (Å²) in [6.07, 6.45) is 0.0195. The summed E-state index contributed by atoms with van der Waals surface area (Å²) in [4.78, 5) is 37.5. The molecule has 0 radical (unpaired) electrons. The zero-order valence-corrected chi connectivity index (χ0v) is 20.7. The summed E-state index contributed by atoms with van der Waals surface area (Å²) in [6, 6.07) is 20.9. The van der Waals surface area contributed by atoms with Crippen molar-refractivity contribution in [3.8, 4) is 11.5 Å². The van der Waals surface area contributed by atoms with Crippen molar-refractivity contribution in [3.05, 3.63) is 83.9 Å². The molecule has 3 rings (SSSR count). The second-order valence-corrected chi connectivity index (χ2v) is 7.95. The standard InChI is InChI=1S/C28H31N3O5/c1-4-35-25-17-24(31-28(34)21-14-10-7-11-15-21)26(36-5-2)16-23(25)30-27(33)18-22(29-19(3)32)20-12-8-6-9-13-20/h6-17,22H,4-5,18H2,1-3H3,(H,29,32)(H,30,33)(H,31,34). The smallest absolute Gasteiger partial charge is 0.255 e. The van der Waals surface area contributed by atoms with Crippen LogP contribution >= 0.6 is 0 Å². The van der Waals surface area contributed by atoms with E-state index >= 15 is 0 Å². The SMILES string of the molecule is CCOc1cc(NC(=O)c2ccccc2)c(OCC)cc1NC(=O)CC(NC(C)=O)c1ccccc1. The molecule has 1 atom stereocenters. The van der Waals surface area contributed by atoms with Gasteiger partial charge in [0.05, 0.1) is 37.1 Å². The highest BCUT2D eigenvalue weighted by Gasteiger charge is 2.20. The number of benzene rings is 3. The molecule has 36 heavy (non-hydrogen) atoms. The molecule has 0 saturated carbocycles. The molecule has 3 aromatic rings. The van der Waals surface area contributed by atoms with Crippen LogP contribution in [0, 0.1) is 0 Å². The monoisotopic (exact) mass is 489 g/mol. The van der Waals surface area contributed by atoms with Crippen LogP contribution in [0.15, 0.2) is 72.8 Å². The van der Waals surface area contributed by atoms with Gasteiger partial charge in [-0.05, 0) is 31.5 Å². The van der Waals surface area contributed by atoms with Gasteiger partial charge in [0.1, 0.15) is 11.5 Å². The van der Waals surface area contributed by atoms with E-state index in [4.69, 9.17) is 9.47 Å². The summed E-state index contributed by atoms with van der Waals surface area (Å²) < 4.78 is 11.5. The topological polar surface area (TPSA) is 106 Å². The van der Waals surface area contributed by atoms with Crippen molar-refractivity contribution in [2.75, 3.05) is 23.8 Å². The molecule has 3 aromatic carbocycles. The van der Waals surface area contributed by atoms with E-state index in [2.05, 4.69) is 16.0 Å². The van der Waals surface area contributed by atoms with Crippen molar-refractivity contribution < 1.29 is 23.9 Å². The maximum absolute atomic E-state index is 13.0. The van der Waals surface area contributed by atoms with E-state index in [1.807, 2.05) is 50.2 Å². The largest absolute Gasteiger partial charge is 0.492 e. The van der Waals surface area contributed by atoms with Crippen LogP contribution in [0.25, 0.3) is 0 Å². The molecule has 1 unspecified atom stereocenters. The second-order valence-electron chi connectivity index (χ2n) is 7.95. The number of amides is 3. The fourth-order valence-electron chi connectivity index (χ4n) is 3.66. The Kier molecular flexibility index (Phi) is 9.45. The van der Waals surface area contributed by atoms with E-state index in [-0.39, 0.29) is 24.1 Å². The van der Waals surface area contributed by atoms with Crippen LogP contribution in [0.3, 0.4) is 0 Å². The zero-order valence-electron chi connectivity index (χ0n) is 20.7. The van der Waals surface area contributed by atoms with E-state index in [1.165, 1.54) is 6.92 Å². The van der Waals surface area contributed by atoms with Crippen molar-refractivity contribution in [1.82, 2.24) is 5.32 Å². The number of hydrogen-bond donors (Lipinski definition) is 3. The van der Waals surface area contributed by atoms with Crippen molar-refractivity contribution in [2.45, 2.75) is 33.2 Å². The average molecular weight is 490 g/mol. The normalized spacial score (nSPS) is 11.2. The van der Waals surface area contributed by atoms with Crippen molar-refractivity contribution in [3.63, 3.8) is 0 Å². The van der Waals surface area contributed by atoms with E-state index in [0.29, 0.717) is 41.7 Å². The van der Waals surface area contributed by atoms with Crippen molar-refractivity contribution in [2.24, 2.45) is 0 Å². The highest BCUT2D eigenvalue weighted by molar-refractivity contribution is 6.05. The molecule has 3 N–H and O–H groups in total. The van der Waals surface area contributed by atoms with Crippen molar-refractivity contribution >= 4 is 29.1 Å². The molecule has 8 heteroatoms. The maximum atomic E-state index is 13.0. The molecule has 3 amide bonds. The summed E-state index contributed by atoms with van der Waals surface area (Å²) in [6.45, 7) is 5.77. The van der Waals surface area contributed by atoms with Gasteiger partial charge in [0, 0.05) is 24.6 Å². The van der Waals surface area contributed by atoms with Gasteiger partial charge in [-0.3, -0.25) is 14.4 Å². The van der Waals surface area contributed by atoms with Crippen LogP contribution in [-0.2, 0) is 9.59 Å². The third kappa shape index (κ3) is 7.33. The Morgan fingerprint density at radius 2 is 1.31 bits per heavy atom. The number of hydrogen-bond acceptors (Lipinski definition) is 5. The van der Waals surface area contributed by atoms with Crippen LogP contribution in [0.2, 0.25) is 0 Å². The molecule has 188 valence electrons. The maximum Gasteiger partial charge on any atom is 0.255 e. The lowest BCUT2D eigenvalue weighted by Gasteiger charge is -2.20. The Labute approximate surface area is 211 Å². The van der Waals surface area contributed by atoms with E-state index in [9.17, 15) is 14.4 Å². The quantitative estimate of drug-likeness (QED) is 0.354. The predicted molar refractivity (Wildman–Crippen MR) is 139 cm³/mol. The van der Waals surface area contributed by atoms with Crippen LogP contribution in [0.1, 0.15) is 49.2 Å². The third-order valence-corrected chi connectivity index (χ3v) is 5.21. The number of ether oxygens (including phenoxy) is 2. The zero-order chi connectivity index (χ0) is 25.9. The molecule has 0 fully saturated rings. The van der Waals surface area contributed by atoms with E-state index in [1.54, 1.807) is 36.4 Å². The summed E-state index contributed by atoms with van der Waals surface area (Å²) in [5.74, 6) is -0.0712. The summed E-state index contributed by atoms with van der Waals surface area (Å²) in [7, 11) is 0. The summed E-state index contributed by atoms with van der Waals surface area (Å²) in [5, 5.41) is 8.56. The van der Waals surface area contributed by atoms with Gasteiger partial charge >= 0.3 is 0 Å². The van der Waals surface area contributed by atoms with Gasteiger partial charge in [-0.1, -0.05) is 48.5 Å². The Morgan fingerprint density at radius 1 is 0.778 bits per heavy atom. The van der Waals surface area contributed by atoms with Crippen molar-refractivity contribution in [1.29, 1.82) is 0 Å². The van der Waals surface area contributed by atoms with Crippen LogP contribution in [0.4, 0.5) is 11.4 Å². The highest BCUT2D eigenvalue weighted by atomic mass is 16.5. The number of rotatable bonds is 11. The first kappa shape index (κ1) is 26.3. The molecular weight excluding hydrogens is 458 g/mol. The first-order valence-corrected chi connectivity index (χ1v) is 11.8. The average Bonchev–Trinajstić information content (AvgIpc) is 2.87. The molecule has 0 heterocycles. The fourth-order valence-corrected chi connectivity index (χ4v) is 3.66. The number of carbonyl (C=O) groups is 3. The predicted octanol–water partition coefficient (Wildman–Crippen LogP) is 4.94. The van der Waals surface area contributed by atoms with Gasteiger partial charge < -0.3 is 25.4 Å². The second kappa shape index (κ2) is 12.9. The Hall–Kier alpha value is -4.33. The molecule has 0 aliphatic carbocycles. The number of anilines is 2. The number of carbonyl (C=O) groups excluding carboxylic acids is 3. The first-order valence-electron chi connectivity index (χ1n) is 11.8. The molecule has 0 aliphatic heterocycles. The van der Waals surface area contributed by atoms with Crippen LogP contribution in [-0.4, -0.2) is 30.9 Å². The first-order chi connectivity index (χ1) is 17.4. The molecule has 0 saturated heterocycles. The minimum atomic E-state index is -0.491. The number of nitrogens with one attached hydrogen (secondary N) is 3. The summed E-state index contributed by atoms with van der Waals surface area (Å²) in [5.41, 5.74) is 2.15. The van der Waals surface area contributed by atoms with E-state index < -0.39 is 6.04 Å². The lowest BCUT2D eigenvalue weighted by atomic mass is 10.0. The third-order valence-electron chi connectivity index (χ3n) is 5.21. The minimum Gasteiger partial charge on any atom is -0.492 e. The Bertz CT molecular complexity index is 1180. The van der Waals surface area contributed by atoms with Crippen LogP contribution < -0.4 is 25.4 Å². The summed E-state index contributed by atoms with van der Waals surface area (Å²) >= 11 is 0. The Balaban J connectivity index is 1.85. The fraction of sp³-hybridized carbons (Fsp3) is 0.250. The molecular formula is C28H31N3O5. The minimum absolute atomic E-state index is 0.0195. The van der Waals surface area contributed by atoms with Gasteiger partial charge in [0.15, 0.2) is 0 Å². The van der Waals surface area contributed by atoms with Crippen LogP contribution in [0.5, 0.6) is 11.5 Å². The lowest BCUT2D eigenvalue weighted by Crippen LogP contribution is -2.29. The van der Waals surface area contributed by atoms with Gasteiger partial charge in [0.2, 0.25) is 11.8 Å². The lowest BCUT2D eigenvalue weighted by molar-refractivity contribution is -0.120. The van der Waals surface area contributed by atoms with E-state index in [0.717, 1.165) is 5.56 Å². The van der Waals surface area contributed by atoms with Gasteiger partial charge in [-0.2, -0.15) is 0 Å². The van der Waals surface area contributed by atoms with Gasteiger partial charge in [-0.15, -0.1) is 0 Å².